The zero-order valence-electron chi connectivity index (χ0n) is 15.5. The van der Waals surface area contributed by atoms with Crippen LogP contribution in [0.5, 0.6) is 0 Å². The van der Waals surface area contributed by atoms with Gasteiger partial charge in [0.25, 0.3) is 5.03 Å². The first-order valence-corrected chi connectivity index (χ1v) is 9.60. The molecular weight excluding hydrogens is 360 g/mol. The number of amides is 1. The summed E-state index contributed by atoms with van der Waals surface area (Å²) in [5.41, 5.74) is 1.61. The van der Waals surface area contributed by atoms with Gasteiger partial charge in [-0.25, -0.2) is 4.68 Å². The van der Waals surface area contributed by atoms with Crippen LogP contribution in [0.2, 0.25) is 0 Å². The van der Waals surface area contributed by atoms with E-state index in [0.717, 1.165) is 16.1 Å². The summed E-state index contributed by atoms with van der Waals surface area (Å²) in [4.78, 5) is 12.5. The Morgan fingerprint density at radius 1 is 1.19 bits per heavy atom. The third kappa shape index (κ3) is 4.68. The minimum absolute atomic E-state index is 0.136. The third-order valence-electron chi connectivity index (χ3n) is 3.89. The van der Waals surface area contributed by atoms with Crippen LogP contribution in [0.15, 0.2) is 65.8 Å². The molecule has 0 aliphatic carbocycles. The van der Waals surface area contributed by atoms with Gasteiger partial charge in [0.1, 0.15) is 5.82 Å². The lowest BCUT2D eigenvalue weighted by Crippen LogP contribution is -2.28. The van der Waals surface area contributed by atoms with E-state index in [0.29, 0.717) is 10.8 Å². The Kier molecular flexibility index (Phi) is 5.51. The molecule has 0 aliphatic heterocycles. The Hall–Kier alpha value is -2.80. The number of rotatable bonds is 5. The number of para-hydroxylation sites is 1. The Bertz CT molecular complexity index is 933. The van der Waals surface area contributed by atoms with Gasteiger partial charge in [-0.2, -0.15) is 9.83 Å². The minimum Gasteiger partial charge on any atom is -0.618 e. The lowest BCUT2D eigenvalue weighted by molar-refractivity contribution is -0.645. The van der Waals surface area contributed by atoms with E-state index < -0.39 is 0 Å². The molecule has 2 aromatic heterocycles. The summed E-state index contributed by atoms with van der Waals surface area (Å²) in [6.45, 7) is 6.23. The van der Waals surface area contributed by atoms with Gasteiger partial charge >= 0.3 is 0 Å². The molecule has 1 aromatic carbocycles. The van der Waals surface area contributed by atoms with Crippen LogP contribution in [0.4, 0.5) is 5.82 Å². The average molecular weight is 382 g/mol. The Morgan fingerprint density at radius 2 is 1.89 bits per heavy atom. The number of pyridine rings is 1. The summed E-state index contributed by atoms with van der Waals surface area (Å²) in [6, 6.07) is 16.7. The number of benzene rings is 1. The number of hydrogen-bond donors (Lipinski definition) is 1. The van der Waals surface area contributed by atoms with Crippen molar-refractivity contribution in [2.75, 3.05) is 11.1 Å². The van der Waals surface area contributed by atoms with Crippen LogP contribution in [0.1, 0.15) is 26.5 Å². The van der Waals surface area contributed by atoms with Crippen LogP contribution < -0.4 is 10.0 Å². The number of nitrogens with zero attached hydrogens (tertiary/aromatic N) is 3. The maximum Gasteiger partial charge on any atom is 0.251 e. The maximum absolute atomic E-state index is 12.5. The van der Waals surface area contributed by atoms with Crippen molar-refractivity contribution in [3.8, 4) is 5.69 Å². The molecule has 3 rings (SSSR count). The number of thioether (sulfide) groups is 1. The molecule has 6 nitrogen and oxygen atoms in total. The summed E-state index contributed by atoms with van der Waals surface area (Å²) >= 11 is 1.20. The van der Waals surface area contributed by atoms with E-state index in [1.165, 1.54) is 18.0 Å². The quantitative estimate of drug-likeness (QED) is 0.416. The highest BCUT2D eigenvalue weighted by molar-refractivity contribution is 7.99. The fourth-order valence-electron chi connectivity index (χ4n) is 2.45. The van der Waals surface area contributed by atoms with Gasteiger partial charge in [-0.1, -0.05) is 39.0 Å². The molecule has 0 saturated carbocycles. The van der Waals surface area contributed by atoms with E-state index in [2.05, 4.69) is 31.2 Å². The second kappa shape index (κ2) is 7.84. The lowest BCUT2D eigenvalue weighted by atomic mass is 9.92. The second-order valence-corrected chi connectivity index (χ2v) is 8.11. The Labute approximate surface area is 162 Å². The topological polar surface area (TPSA) is 73.9 Å². The van der Waals surface area contributed by atoms with Crippen molar-refractivity contribution < 1.29 is 9.52 Å². The molecule has 0 atom stereocenters. The van der Waals surface area contributed by atoms with Crippen molar-refractivity contribution in [1.29, 1.82) is 0 Å². The Morgan fingerprint density at radius 3 is 2.56 bits per heavy atom. The van der Waals surface area contributed by atoms with Crippen molar-refractivity contribution in [2.24, 2.45) is 0 Å². The van der Waals surface area contributed by atoms with Crippen molar-refractivity contribution >= 4 is 23.5 Å². The van der Waals surface area contributed by atoms with E-state index in [9.17, 15) is 10.0 Å². The van der Waals surface area contributed by atoms with Crippen LogP contribution in [0.3, 0.4) is 0 Å². The molecular formula is C20H22N4O2S. The first kappa shape index (κ1) is 19.0. The molecule has 3 aromatic rings. The second-order valence-electron chi connectivity index (χ2n) is 7.11. The van der Waals surface area contributed by atoms with Gasteiger partial charge < -0.3 is 10.5 Å². The fraction of sp³-hybridized carbons (Fsp3) is 0.250. The molecule has 1 amide bonds. The van der Waals surface area contributed by atoms with Crippen LogP contribution in [-0.2, 0) is 10.2 Å². The standard InChI is InChI=1S/C20H22N4O2S/c1-20(2,3)16-13-17(24(22-16)15-9-5-4-6-10-15)21-18(25)14-27-19-11-7-8-12-23(19)26/h4-13H,14H2,1-3H3,(H,21,25). The highest BCUT2D eigenvalue weighted by Crippen LogP contribution is 2.26. The first-order valence-electron chi connectivity index (χ1n) is 8.61. The average Bonchev–Trinajstić information content (AvgIpc) is 3.06. The monoisotopic (exact) mass is 382 g/mol. The zero-order valence-corrected chi connectivity index (χ0v) is 16.4. The predicted molar refractivity (Wildman–Crippen MR) is 107 cm³/mol. The third-order valence-corrected chi connectivity index (χ3v) is 4.90. The van der Waals surface area contributed by atoms with E-state index in [4.69, 9.17) is 0 Å². The summed E-state index contributed by atoms with van der Waals surface area (Å²) in [5, 5.41) is 19.8. The molecule has 0 aliphatic rings. The number of hydrogen-bond acceptors (Lipinski definition) is 4. The van der Waals surface area contributed by atoms with E-state index in [1.54, 1.807) is 22.9 Å². The number of anilines is 1. The summed E-state index contributed by atoms with van der Waals surface area (Å²) < 4.78 is 2.49. The summed E-state index contributed by atoms with van der Waals surface area (Å²) in [7, 11) is 0. The highest BCUT2D eigenvalue weighted by atomic mass is 32.2. The maximum atomic E-state index is 12.5. The van der Waals surface area contributed by atoms with Gasteiger partial charge in [0.15, 0.2) is 6.20 Å². The summed E-state index contributed by atoms with van der Waals surface area (Å²) in [5.74, 6) is 0.554. The molecule has 0 unspecified atom stereocenters. The molecule has 0 radical (unpaired) electrons. The molecule has 0 saturated heterocycles. The van der Waals surface area contributed by atoms with Crippen molar-refractivity contribution in [3.05, 3.63) is 71.7 Å². The van der Waals surface area contributed by atoms with Crippen LogP contribution >= 0.6 is 11.8 Å². The van der Waals surface area contributed by atoms with Gasteiger partial charge in [0.05, 0.1) is 17.1 Å². The largest absolute Gasteiger partial charge is 0.618 e. The highest BCUT2D eigenvalue weighted by Gasteiger charge is 2.21. The smallest absolute Gasteiger partial charge is 0.251 e. The van der Waals surface area contributed by atoms with Gasteiger partial charge in [0, 0.05) is 23.6 Å². The molecule has 2 heterocycles. The fourth-order valence-corrected chi connectivity index (χ4v) is 3.16. The van der Waals surface area contributed by atoms with Gasteiger partial charge in [-0.3, -0.25) is 4.79 Å². The van der Waals surface area contributed by atoms with Crippen LogP contribution in [0.25, 0.3) is 5.69 Å². The van der Waals surface area contributed by atoms with E-state index >= 15 is 0 Å². The molecule has 0 spiro atoms. The normalized spacial score (nSPS) is 11.4. The van der Waals surface area contributed by atoms with E-state index in [-0.39, 0.29) is 17.1 Å². The SMILES string of the molecule is CC(C)(C)c1cc(NC(=O)CSc2cccc[n+]2[O-])n(-c2ccccc2)n1. The van der Waals surface area contributed by atoms with Gasteiger partial charge in [-0.15, -0.1) is 0 Å². The van der Waals surface area contributed by atoms with Crippen molar-refractivity contribution in [1.82, 2.24) is 9.78 Å². The molecule has 0 fully saturated rings. The van der Waals surface area contributed by atoms with Gasteiger partial charge in [-0.05, 0) is 30.0 Å². The molecule has 140 valence electrons. The van der Waals surface area contributed by atoms with Crippen LogP contribution in [0, 0.1) is 5.21 Å². The van der Waals surface area contributed by atoms with Crippen molar-refractivity contribution in [3.63, 3.8) is 0 Å². The molecule has 0 bridgehead atoms. The first-order chi connectivity index (χ1) is 12.8. The number of aromatic nitrogens is 3. The predicted octanol–water partition coefficient (Wildman–Crippen LogP) is 3.53. The lowest BCUT2D eigenvalue weighted by Gasteiger charge is -2.14. The number of carbonyl (C=O) groups is 1. The molecule has 1 N–H and O–H groups in total. The molecule has 7 heteroatoms. The number of carbonyl (C=O) groups excluding carboxylic acids is 1. The van der Waals surface area contributed by atoms with Crippen molar-refractivity contribution in [2.45, 2.75) is 31.2 Å². The van der Waals surface area contributed by atoms with Crippen LogP contribution in [-0.4, -0.2) is 21.4 Å². The minimum atomic E-state index is -0.193. The summed E-state index contributed by atoms with van der Waals surface area (Å²) in [6.07, 6.45) is 1.42. The molecule has 27 heavy (non-hydrogen) atoms. The zero-order chi connectivity index (χ0) is 19.4. The van der Waals surface area contributed by atoms with E-state index in [1.807, 2.05) is 36.4 Å². The Balaban J connectivity index is 1.80. The van der Waals surface area contributed by atoms with Gasteiger partial charge in [0.2, 0.25) is 5.91 Å². The number of nitrogens with one attached hydrogen (secondary N) is 1.